The molecule has 0 saturated carbocycles. The Morgan fingerprint density at radius 3 is 2.46 bits per heavy atom. The van der Waals surface area contributed by atoms with Crippen LogP contribution in [0.2, 0.25) is 0 Å². The molecule has 0 aliphatic rings. The maximum Gasteiger partial charge on any atom is 0.242 e. The van der Waals surface area contributed by atoms with Crippen LogP contribution < -0.4 is 5.32 Å². The Morgan fingerprint density at radius 2 is 1.79 bits per heavy atom. The van der Waals surface area contributed by atoms with Gasteiger partial charge in [0, 0.05) is 20.6 Å². The van der Waals surface area contributed by atoms with Gasteiger partial charge in [-0.05, 0) is 36.8 Å². The molecule has 2 aromatic heterocycles. The molecule has 0 spiro atoms. The van der Waals surface area contributed by atoms with Crippen molar-refractivity contribution in [1.29, 1.82) is 0 Å². The second-order valence-electron chi connectivity index (χ2n) is 5.51. The Hall–Kier alpha value is -2.52. The highest BCUT2D eigenvalue weighted by Gasteiger charge is 2.16. The maximum atomic E-state index is 12.0. The van der Waals surface area contributed by atoms with Crippen LogP contribution in [0.25, 0.3) is 5.65 Å². The van der Waals surface area contributed by atoms with Gasteiger partial charge in [0.15, 0.2) is 5.65 Å². The highest BCUT2D eigenvalue weighted by molar-refractivity contribution is 7.89. The first-order valence-electron chi connectivity index (χ1n) is 7.32. The lowest BCUT2D eigenvalue weighted by molar-refractivity contribution is 0.520. The number of aryl methyl sites for hydroxylation is 1. The molecular weight excluding hydrogens is 328 g/mol. The van der Waals surface area contributed by atoms with Crippen molar-refractivity contribution >= 4 is 21.5 Å². The van der Waals surface area contributed by atoms with E-state index in [1.54, 1.807) is 24.3 Å². The second kappa shape index (κ2) is 6.17. The van der Waals surface area contributed by atoms with E-state index >= 15 is 0 Å². The van der Waals surface area contributed by atoms with Crippen LogP contribution in [-0.2, 0) is 16.6 Å². The van der Waals surface area contributed by atoms with Gasteiger partial charge in [-0.3, -0.25) is 0 Å². The average molecular weight is 346 g/mol. The zero-order valence-electron chi connectivity index (χ0n) is 13.6. The average Bonchev–Trinajstić information content (AvgIpc) is 2.92. The molecule has 0 amide bonds. The van der Waals surface area contributed by atoms with Crippen LogP contribution >= 0.6 is 0 Å². The Balaban J connectivity index is 1.72. The van der Waals surface area contributed by atoms with Crippen LogP contribution in [0.5, 0.6) is 0 Å². The molecule has 24 heavy (non-hydrogen) atoms. The number of aromatic nitrogens is 4. The molecule has 0 atom stereocenters. The van der Waals surface area contributed by atoms with Crippen molar-refractivity contribution in [3.05, 3.63) is 47.8 Å². The third-order valence-electron chi connectivity index (χ3n) is 3.49. The molecule has 0 aliphatic carbocycles. The van der Waals surface area contributed by atoms with Crippen molar-refractivity contribution in [2.45, 2.75) is 18.4 Å². The molecule has 1 aromatic carbocycles. The Bertz CT molecular complexity index is 963. The minimum atomic E-state index is -3.40. The van der Waals surface area contributed by atoms with Crippen molar-refractivity contribution in [1.82, 2.24) is 24.1 Å². The monoisotopic (exact) mass is 346 g/mol. The number of anilines is 1. The molecule has 3 aromatic rings. The van der Waals surface area contributed by atoms with Crippen LogP contribution in [0.3, 0.4) is 0 Å². The Labute approximate surface area is 140 Å². The van der Waals surface area contributed by atoms with Crippen molar-refractivity contribution in [2.24, 2.45) is 0 Å². The first-order chi connectivity index (χ1) is 11.4. The van der Waals surface area contributed by atoms with E-state index in [0.717, 1.165) is 5.56 Å². The van der Waals surface area contributed by atoms with E-state index in [4.69, 9.17) is 0 Å². The van der Waals surface area contributed by atoms with E-state index in [2.05, 4.69) is 20.5 Å². The van der Waals surface area contributed by atoms with Gasteiger partial charge in [-0.25, -0.2) is 17.7 Å². The second-order valence-corrected chi connectivity index (χ2v) is 7.66. The molecule has 0 saturated heterocycles. The number of nitrogens with one attached hydrogen (secondary N) is 1. The minimum Gasteiger partial charge on any atom is -0.365 e. The number of hydrogen-bond acceptors (Lipinski definition) is 6. The topological polar surface area (TPSA) is 92.5 Å². The van der Waals surface area contributed by atoms with Gasteiger partial charge in [0.2, 0.25) is 10.0 Å². The van der Waals surface area contributed by atoms with E-state index in [-0.39, 0.29) is 4.90 Å². The van der Waals surface area contributed by atoms with Gasteiger partial charge in [-0.1, -0.05) is 12.1 Å². The first-order valence-corrected chi connectivity index (χ1v) is 8.76. The summed E-state index contributed by atoms with van der Waals surface area (Å²) in [6.07, 6.45) is 0. The smallest absolute Gasteiger partial charge is 0.242 e. The molecule has 0 aliphatic heterocycles. The molecule has 0 unspecified atom stereocenters. The third-order valence-corrected chi connectivity index (χ3v) is 5.32. The molecule has 0 bridgehead atoms. The predicted molar refractivity (Wildman–Crippen MR) is 90.2 cm³/mol. The van der Waals surface area contributed by atoms with Crippen LogP contribution in [0.4, 0.5) is 5.82 Å². The Kier molecular flexibility index (Phi) is 4.20. The normalized spacial score (nSPS) is 12.0. The summed E-state index contributed by atoms with van der Waals surface area (Å²) < 4.78 is 26.7. The summed E-state index contributed by atoms with van der Waals surface area (Å²) in [5.74, 6) is 1.33. The summed E-state index contributed by atoms with van der Waals surface area (Å²) in [5, 5.41) is 11.7. The van der Waals surface area contributed by atoms with Crippen molar-refractivity contribution < 1.29 is 8.42 Å². The molecule has 9 heteroatoms. The molecule has 8 nitrogen and oxygen atoms in total. The SMILES string of the molecule is Cc1nc2ccc(NCc3ccc(S(=O)(=O)N(C)C)cc3)nn2n1. The maximum absolute atomic E-state index is 12.0. The van der Waals surface area contributed by atoms with Gasteiger partial charge in [0.05, 0.1) is 4.90 Å². The molecule has 2 heterocycles. The Morgan fingerprint density at radius 1 is 1.08 bits per heavy atom. The number of hydrogen-bond donors (Lipinski definition) is 1. The molecule has 3 rings (SSSR count). The van der Waals surface area contributed by atoms with E-state index in [1.807, 2.05) is 19.1 Å². The van der Waals surface area contributed by atoms with E-state index in [0.29, 0.717) is 23.8 Å². The van der Waals surface area contributed by atoms with E-state index in [9.17, 15) is 8.42 Å². The van der Waals surface area contributed by atoms with Gasteiger partial charge >= 0.3 is 0 Å². The lowest BCUT2D eigenvalue weighted by Crippen LogP contribution is -2.22. The summed E-state index contributed by atoms with van der Waals surface area (Å²) in [5.41, 5.74) is 1.64. The number of fused-ring (bicyclic) bond motifs is 1. The van der Waals surface area contributed by atoms with Crippen LogP contribution in [0, 0.1) is 6.92 Å². The number of sulfonamides is 1. The fourth-order valence-electron chi connectivity index (χ4n) is 2.16. The van der Waals surface area contributed by atoms with Gasteiger partial charge in [0.1, 0.15) is 11.6 Å². The lowest BCUT2D eigenvalue weighted by Gasteiger charge is -2.12. The molecule has 0 radical (unpaired) electrons. The summed E-state index contributed by atoms with van der Waals surface area (Å²) in [7, 11) is -0.376. The van der Waals surface area contributed by atoms with Gasteiger partial charge in [-0.15, -0.1) is 14.8 Å². The molecular formula is C15H18N6O2S. The van der Waals surface area contributed by atoms with Gasteiger partial charge in [0.25, 0.3) is 0 Å². The first kappa shape index (κ1) is 16.3. The van der Waals surface area contributed by atoms with Crippen molar-refractivity contribution in [2.75, 3.05) is 19.4 Å². The van der Waals surface area contributed by atoms with Crippen molar-refractivity contribution in [3.8, 4) is 0 Å². The van der Waals surface area contributed by atoms with Crippen LogP contribution in [0.1, 0.15) is 11.4 Å². The van der Waals surface area contributed by atoms with Crippen LogP contribution in [-0.4, -0.2) is 46.6 Å². The zero-order valence-corrected chi connectivity index (χ0v) is 14.4. The highest BCUT2D eigenvalue weighted by Crippen LogP contribution is 2.15. The molecule has 1 N–H and O–H groups in total. The number of rotatable bonds is 5. The number of nitrogens with zero attached hydrogens (tertiary/aromatic N) is 5. The lowest BCUT2D eigenvalue weighted by atomic mass is 10.2. The van der Waals surface area contributed by atoms with Gasteiger partial charge < -0.3 is 5.32 Å². The van der Waals surface area contributed by atoms with E-state index in [1.165, 1.54) is 23.0 Å². The fourth-order valence-corrected chi connectivity index (χ4v) is 3.07. The number of benzene rings is 1. The quantitative estimate of drug-likeness (QED) is 0.748. The van der Waals surface area contributed by atoms with Gasteiger partial charge in [-0.2, -0.15) is 0 Å². The summed E-state index contributed by atoms with van der Waals surface area (Å²) in [6, 6.07) is 10.4. The third kappa shape index (κ3) is 3.22. The van der Waals surface area contributed by atoms with E-state index < -0.39 is 10.0 Å². The summed E-state index contributed by atoms with van der Waals surface area (Å²) >= 11 is 0. The molecule has 0 fully saturated rings. The van der Waals surface area contributed by atoms with Crippen LogP contribution in [0.15, 0.2) is 41.3 Å². The standard InChI is InChI=1S/C15H18N6O2S/c1-11-17-15-9-8-14(19-21(15)18-11)16-10-12-4-6-13(7-5-12)24(22,23)20(2)3/h4-9H,10H2,1-3H3,(H,16,19). The van der Waals surface area contributed by atoms with Crippen molar-refractivity contribution in [3.63, 3.8) is 0 Å². The zero-order chi connectivity index (χ0) is 17.3. The highest BCUT2D eigenvalue weighted by atomic mass is 32.2. The minimum absolute atomic E-state index is 0.272. The summed E-state index contributed by atoms with van der Waals surface area (Å²) in [6.45, 7) is 2.33. The summed E-state index contributed by atoms with van der Waals surface area (Å²) in [4.78, 5) is 4.49. The predicted octanol–water partition coefficient (Wildman–Crippen LogP) is 1.30. The largest absolute Gasteiger partial charge is 0.365 e. The molecule has 126 valence electrons. The fraction of sp³-hybridized carbons (Fsp3) is 0.267.